The van der Waals surface area contributed by atoms with Crippen LogP contribution in [0.3, 0.4) is 0 Å². The molecule has 1 heterocycles. The maximum Gasteiger partial charge on any atom is 0.169 e. The van der Waals surface area contributed by atoms with Gasteiger partial charge >= 0.3 is 0 Å². The summed E-state index contributed by atoms with van der Waals surface area (Å²) in [7, 11) is 0. The number of hydrogen-bond acceptors (Lipinski definition) is 2. The van der Waals surface area contributed by atoms with Crippen molar-refractivity contribution in [3.05, 3.63) is 50.4 Å². The van der Waals surface area contributed by atoms with Gasteiger partial charge in [0, 0.05) is 9.26 Å². The highest BCUT2D eigenvalue weighted by atomic mass is 127. The van der Waals surface area contributed by atoms with Crippen molar-refractivity contribution >= 4 is 44.2 Å². The van der Waals surface area contributed by atoms with Crippen LogP contribution in [0, 0.1) is 3.57 Å². The van der Waals surface area contributed by atoms with E-state index in [4.69, 9.17) is 4.42 Å². The van der Waals surface area contributed by atoms with Crippen molar-refractivity contribution in [1.82, 2.24) is 0 Å². The summed E-state index contributed by atoms with van der Waals surface area (Å²) in [5.74, 6) is 0.922. The lowest BCUT2D eigenvalue weighted by atomic mass is 10.2. The Kier molecular flexibility index (Phi) is 3.91. The van der Waals surface area contributed by atoms with E-state index >= 15 is 0 Å². The summed E-state index contributed by atoms with van der Waals surface area (Å²) in [6, 6.07) is 12.3. The SMILES string of the molecule is CC(Nc1ccc(I)cc1)c1ccc(Br)o1. The van der Waals surface area contributed by atoms with Gasteiger partial charge in [0.15, 0.2) is 4.67 Å². The van der Waals surface area contributed by atoms with Gasteiger partial charge in [-0.25, -0.2) is 0 Å². The molecule has 0 spiro atoms. The summed E-state index contributed by atoms with van der Waals surface area (Å²) in [5, 5.41) is 3.38. The maximum atomic E-state index is 5.49. The molecule has 0 aliphatic rings. The molecule has 1 atom stereocenters. The molecule has 16 heavy (non-hydrogen) atoms. The predicted octanol–water partition coefficient (Wildman–Crippen LogP) is 4.82. The molecule has 4 heteroatoms. The summed E-state index contributed by atoms with van der Waals surface area (Å²) in [5.41, 5.74) is 1.10. The second kappa shape index (κ2) is 5.23. The lowest BCUT2D eigenvalue weighted by molar-refractivity contribution is 0.471. The maximum absolute atomic E-state index is 5.49. The molecule has 0 saturated carbocycles. The average molecular weight is 392 g/mol. The van der Waals surface area contributed by atoms with Gasteiger partial charge in [0.1, 0.15) is 5.76 Å². The molecule has 84 valence electrons. The lowest BCUT2D eigenvalue weighted by Gasteiger charge is -2.12. The summed E-state index contributed by atoms with van der Waals surface area (Å²) < 4.78 is 7.49. The van der Waals surface area contributed by atoms with Crippen molar-refractivity contribution in [2.45, 2.75) is 13.0 Å². The smallest absolute Gasteiger partial charge is 0.169 e. The third kappa shape index (κ3) is 3.01. The van der Waals surface area contributed by atoms with E-state index in [2.05, 4.69) is 75.0 Å². The second-order valence-corrected chi connectivity index (χ2v) is 5.54. The van der Waals surface area contributed by atoms with Crippen LogP contribution in [0.5, 0.6) is 0 Å². The van der Waals surface area contributed by atoms with E-state index in [9.17, 15) is 0 Å². The highest BCUT2D eigenvalue weighted by Crippen LogP contribution is 2.23. The zero-order chi connectivity index (χ0) is 11.5. The Balaban J connectivity index is 2.07. The van der Waals surface area contributed by atoms with Gasteiger partial charge in [-0.05, 0) is 81.8 Å². The molecule has 1 N–H and O–H groups in total. The third-order valence-electron chi connectivity index (χ3n) is 2.25. The van der Waals surface area contributed by atoms with Crippen LogP contribution in [0.25, 0.3) is 0 Å². The number of rotatable bonds is 3. The van der Waals surface area contributed by atoms with E-state index in [0.717, 1.165) is 16.1 Å². The number of anilines is 1. The molecule has 0 aliphatic heterocycles. The van der Waals surface area contributed by atoms with Gasteiger partial charge in [-0.2, -0.15) is 0 Å². The van der Waals surface area contributed by atoms with Crippen LogP contribution < -0.4 is 5.32 Å². The summed E-state index contributed by atoms with van der Waals surface area (Å²) >= 11 is 5.59. The van der Waals surface area contributed by atoms with Crippen LogP contribution in [0.1, 0.15) is 18.7 Å². The molecular formula is C12H11BrINO. The Bertz CT molecular complexity index is 466. The van der Waals surface area contributed by atoms with Crippen molar-refractivity contribution in [3.8, 4) is 0 Å². The van der Waals surface area contributed by atoms with Crippen molar-refractivity contribution in [2.75, 3.05) is 5.32 Å². The van der Waals surface area contributed by atoms with Crippen LogP contribution in [-0.2, 0) is 0 Å². The highest BCUT2D eigenvalue weighted by molar-refractivity contribution is 14.1. The molecular weight excluding hydrogens is 381 g/mol. The average Bonchev–Trinajstić information content (AvgIpc) is 2.68. The monoisotopic (exact) mass is 391 g/mol. The van der Waals surface area contributed by atoms with E-state index in [0.29, 0.717) is 0 Å². The van der Waals surface area contributed by atoms with E-state index in [1.165, 1.54) is 3.57 Å². The Morgan fingerprint density at radius 2 is 1.88 bits per heavy atom. The normalized spacial score (nSPS) is 12.4. The Morgan fingerprint density at radius 3 is 2.44 bits per heavy atom. The molecule has 2 rings (SSSR count). The van der Waals surface area contributed by atoms with Crippen molar-refractivity contribution in [2.24, 2.45) is 0 Å². The topological polar surface area (TPSA) is 25.2 Å². The van der Waals surface area contributed by atoms with E-state index < -0.39 is 0 Å². The lowest BCUT2D eigenvalue weighted by Crippen LogP contribution is -2.05. The van der Waals surface area contributed by atoms with E-state index in [1.807, 2.05) is 12.1 Å². The Labute approximate surface area is 117 Å². The molecule has 0 amide bonds. The largest absolute Gasteiger partial charge is 0.452 e. The molecule has 1 unspecified atom stereocenters. The number of nitrogens with one attached hydrogen (secondary N) is 1. The fourth-order valence-corrected chi connectivity index (χ4v) is 2.11. The van der Waals surface area contributed by atoms with Gasteiger partial charge in [-0.1, -0.05) is 0 Å². The van der Waals surface area contributed by atoms with Crippen LogP contribution >= 0.6 is 38.5 Å². The van der Waals surface area contributed by atoms with Crippen LogP contribution in [0.4, 0.5) is 5.69 Å². The second-order valence-electron chi connectivity index (χ2n) is 3.51. The Hall–Kier alpha value is -0.490. The summed E-state index contributed by atoms with van der Waals surface area (Å²) in [6.45, 7) is 2.07. The molecule has 2 nitrogen and oxygen atoms in total. The number of halogens is 2. The zero-order valence-corrected chi connectivity index (χ0v) is 12.4. The van der Waals surface area contributed by atoms with Gasteiger partial charge in [0.25, 0.3) is 0 Å². The van der Waals surface area contributed by atoms with E-state index in [-0.39, 0.29) is 6.04 Å². The Morgan fingerprint density at radius 1 is 1.19 bits per heavy atom. The minimum atomic E-state index is 0.159. The molecule has 0 fully saturated rings. The quantitative estimate of drug-likeness (QED) is 0.758. The summed E-state index contributed by atoms with van der Waals surface area (Å²) in [6.07, 6.45) is 0. The molecule has 1 aromatic carbocycles. The number of furan rings is 1. The molecule has 1 aromatic heterocycles. The zero-order valence-electron chi connectivity index (χ0n) is 8.71. The molecule has 0 bridgehead atoms. The van der Waals surface area contributed by atoms with Gasteiger partial charge in [0.05, 0.1) is 6.04 Å². The molecule has 2 aromatic rings. The van der Waals surface area contributed by atoms with Crippen LogP contribution in [0.2, 0.25) is 0 Å². The standard InChI is InChI=1S/C12H11BrINO/c1-8(11-6-7-12(13)16-11)15-10-4-2-9(14)3-5-10/h2-8,15H,1H3. The third-order valence-corrected chi connectivity index (χ3v) is 3.39. The number of hydrogen-bond donors (Lipinski definition) is 1. The fourth-order valence-electron chi connectivity index (χ4n) is 1.43. The first kappa shape index (κ1) is 12.0. The minimum Gasteiger partial charge on any atom is -0.452 e. The van der Waals surface area contributed by atoms with Gasteiger partial charge < -0.3 is 9.73 Å². The van der Waals surface area contributed by atoms with Crippen molar-refractivity contribution in [1.29, 1.82) is 0 Å². The van der Waals surface area contributed by atoms with Crippen molar-refractivity contribution in [3.63, 3.8) is 0 Å². The van der Waals surface area contributed by atoms with Crippen LogP contribution in [0.15, 0.2) is 45.5 Å². The summed E-state index contributed by atoms with van der Waals surface area (Å²) in [4.78, 5) is 0. The van der Waals surface area contributed by atoms with Gasteiger partial charge in [-0.3, -0.25) is 0 Å². The van der Waals surface area contributed by atoms with E-state index in [1.54, 1.807) is 0 Å². The fraction of sp³-hybridized carbons (Fsp3) is 0.167. The molecule has 0 aliphatic carbocycles. The first-order valence-electron chi connectivity index (χ1n) is 4.92. The first-order valence-corrected chi connectivity index (χ1v) is 6.79. The highest BCUT2D eigenvalue weighted by Gasteiger charge is 2.09. The molecule has 0 saturated heterocycles. The molecule has 0 radical (unpaired) electrons. The first-order chi connectivity index (χ1) is 7.65. The minimum absolute atomic E-state index is 0.159. The van der Waals surface area contributed by atoms with Crippen LogP contribution in [-0.4, -0.2) is 0 Å². The number of benzene rings is 1. The van der Waals surface area contributed by atoms with Gasteiger partial charge in [0.2, 0.25) is 0 Å². The predicted molar refractivity (Wildman–Crippen MR) is 77.6 cm³/mol. The van der Waals surface area contributed by atoms with Gasteiger partial charge in [-0.15, -0.1) is 0 Å². The van der Waals surface area contributed by atoms with Crippen molar-refractivity contribution < 1.29 is 4.42 Å².